The lowest BCUT2D eigenvalue weighted by Crippen LogP contribution is -2.50. The third kappa shape index (κ3) is 29.5. The first-order chi connectivity index (χ1) is 70.3. The lowest BCUT2D eigenvalue weighted by Gasteiger charge is -2.36. The van der Waals surface area contributed by atoms with Crippen LogP contribution < -0.4 is 24.9 Å². The molecular weight excluding hydrogens is 1980 g/mol. The fourth-order valence-electron chi connectivity index (χ4n) is 16.1. The zero-order chi connectivity index (χ0) is 104. The van der Waals surface area contributed by atoms with E-state index in [1.165, 1.54) is 39.1 Å². The van der Waals surface area contributed by atoms with Crippen LogP contribution in [0.4, 0.5) is 41.1 Å². The number of hydrogen-bond donors (Lipinski definition) is 5. The van der Waals surface area contributed by atoms with Gasteiger partial charge in [0.25, 0.3) is 17.5 Å². The fraction of sp³-hybridized carbons (Fsp3) is 0.369. The first kappa shape index (κ1) is 112. The number of rotatable bonds is 26. The largest absolute Gasteiger partial charge is 0.497 e. The number of carboxylic acid groups (broad SMARTS) is 1. The average molecular weight is 2100 g/mol. The molecule has 3 amide bonds. The highest BCUT2D eigenvalue weighted by Crippen LogP contribution is 2.37. The van der Waals surface area contributed by atoms with Crippen LogP contribution in [0.3, 0.4) is 0 Å². The molecule has 4 aliphatic rings. The molecule has 4 aliphatic heterocycles. The quantitative estimate of drug-likeness (QED) is 0.00839. The summed E-state index contributed by atoms with van der Waals surface area (Å²) in [4.78, 5) is 135. The van der Waals surface area contributed by atoms with E-state index in [4.69, 9.17) is 33.9 Å². The van der Waals surface area contributed by atoms with Gasteiger partial charge in [0.1, 0.15) is 52.5 Å². The van der Waals surface area contributed by atoms with Gasteiger partial charge in [-0.3, -0.25) is 47.9 Å². The van der Waals surface area contributed by atoms with Crippen LogP contribution in [0.1, 0.15) is 105 Å². The number of Topliss-reactive ketones (excluding diaryl/α,β-unsaturated/α-hetero) is 2. The van der Waals surface area contributed by atoms with Crippen LogP contribution in [0.5, 0.6) is 0 Å². The molecule has 0 radical (unpaired) electrons. The molecule has 4 aromatic carbocycles. The van der Waals surface area contributed by atoms with Gasteiger partial charge in [-0.1, -0.05) is 169 Å². The van der Waals surface area contributed by atoms with E-state index < -0.39 is 46.3 Å². The molecule has 0 bridgehead atoms. The molecule has 14 aromatic rings. The highest BCUT2D eigenvalue weighted by molar-refractivity contribution is 9.09. The summed E-state index contributed by atoms with van der Waals surface area (Å²) in [7, 11) is 0. The fourth-order valence-corrected chi connectivity index (χ4v) is 16.3. The van der Waals surface area contributed by atoms with E-state index in [1.54, 1.807) is 43.9 Å². The van der Waals surface area contributed by atoms with Gasteiger partial charge in [0.05, 0.1) is 138 Å². The van der Waals surface area contributed by atoms with Crippen LogP contribution in [0.2, 0.25) is 0 Å². The van der Waals surface area contributed by atoms with Crippen molar-refractivity contribution >= 4 is 114 Å². The van der Waals surface area contributed by atoms with Crippen molar-refractivity contribution in [2.45, 2.75) is 115 Å². The van der Waals surface area contributed by atoms with Crippen LogP contribution in [-0.4, -0.2) is 310 Å². The number of carbonyl (C=O) groups is 9. The third-order valence-corrected chi connectivity index (χ3v) is 23.2. The minimum absolute atomic E-state index is 0. The molecular formula is C103H125BrF2N26O16. The number of allylic oxidation sites excluding steroid dienone is 1. The van der Waals surface area contributed by atoms with E-state index in [1.807, 2.05) is 189 Å². The van der Waals surface area contributed by atoms with Gasteiger partial charge in [-0.25, -0.2) is 42.5 Å². The Labute approximate surface area is 862 Å². The standard InChI is InChI=1S/C29H28FN9O3.C22H30N4O4.C18H24N4O2.C17H22N4O2.C11H6FN5O3.C4H7BrO2.2CH4/c1-3-42-19(2)17-38-18-23(25(34-38)20-7-5-4-6-8-20)36-11-13-37(14-12-36)29(41)27(40)21-15-31-26-24(21)22(30)16-32-28(26)39-10-9-33-35-39;1-5-29-19(27)16-26-15-18(20(23-26)17-9-7-6-8-10-17)24-11-13-25(14-12-24)21(28)30-22(2,3)4;1-18(2,3)24-17(23)22-11-9-21(10-12-22)15-13-19-20-16(15)14-7-5-4-6-8-14;1-2-23-16(22)13-21-12-15(20-10-8-18-9-11-20)17(19-21)14-6-4-3-5-7-14;12-6-4-14-10(17-2-1-15-16-17)8-7(6)5(3-13-8)9(18)11(19)20;1-2-7-4(6)3-5;;/h4-10,15-16,18,31H,2-3,11-14,17H2,1H3;6-10,15H,5,11-14,16H2,1-4H3;4-8,13H,9-12H2,1-3H3,(H,19,20);3-7,12,18H,2,8-11,13H2,1H3;1-4,13H,(H,19,20);2-3H2,1H3;2*1H4. The minimum atomic E-state index is -1.66. The Morgan fingerprint density at radius 1 is 0.446 bits per heavy atom. The van der Waals surface area contributed by atoms with Crippen LogP contribution in [0, 0.1) is 11.6 Å². The Hall–Kier alpha value is -16.4. The second-order valence-electron chi connectivity index (χ2n) is 35.1. The summed E-state index contributed by atoms with van der Waals surface area (Å²) in [6, 6.07) is 40.0. The number of piperazine rings is 4. The van der Waals surface area contributed by atoms with Crippen molar-refractivity contribution in [2.75, 3.05) is 156 Å². The number of aromatic amines is 3. The van der Waals surface area contributed by atoms with E-state index in [2.05, 4.69) is 125 Å². The number of hydrogen-bond acceptors (Lipinski definition) is 30. The van der Waals surface area contributed by atoms with Crippen molar-refractivity contribution in [1.29, 1.82) is 0 Å². The molecule has 0 spiro atoms. The summed E-state index contributed by atoms with van der Waals surface area (Å²) in [6.07, 6.45) is 17.4. The first-order valence-corrected chi connectivity index (χ1v) is 48.6. The Kier molecular flexibility index (Phi) is 40.1. The molecule has 0 unspecified atom stereocenters. The Balaban J connectivity index is 0.000000176. The number of amides is 3. The van der Waals surface area contributed by atoms with Gasteiger partial charge >= 0.3 is 36.1 Å². The zero-order valence-corrected chi connectivity index (χ0v) is 84.3. The molecule has 4 fully saturated rings. The second kappa shape index (κ2) is 53.0. The number of H-pyrrole nitrogens is 3. The average Bonchev–Trinajstić information content (AvgIpc) is 1.61. The van der Waals surface area contributed by atoms with Gasteiger partial charge < -0.3 is 83.1 Å². The van der Waals surface area contributed by atoms with E-state index in [0.717, 1.165) is 126 Å². The highest BCUT2D eigenvalue weighted by atomic mass is 79.9. The molecule has 0 atom stereocenters. The number of aromatic nitrogens is 18. The normalized spacial score (nSPS) is 13.4. The van der Waals surface area contributed by atoms with Gasteiger partial charge in [0.15, 0.2) is 23.3 Å². The SMILES string of the molecule is C.C.C=C(Cn1cc(N2CCN(C(=O)C(=O)c3c[nH]c4c(-n5ccnn5)ncc(F)c34)CC2)c(-c2ccccc2)n1)OCC.CC(C)(C)OC(=O)N1CCN(c2cn[nH]c2-c2ccccc2)CC1.CCOC(=O)CBr.CCOC(=O)Cn1cc(N2CCN(C(=O)OC(C)(C)C)CC2)c(-c2ccccc2)n1.CCOC(=O)Cn1cc(N2CCNCC2)c(-c2ccccc2)n1.O=C(O)C(=O)c1c[nH]c2c(-n3ccnn3)ncc(F)c12. The van der Waals surface area contributed by atoms with Crippen molar-refractivity contribution in [3.8, 4) is 56.7 Å². The molecule has 0 saturated carbocycles. The smallest absolute Gasteiger partial charge is 0.410 e. The molecule has 45 heteroatoms. The number of pyridine rings is 2. The molecule has 5 N–H and O–H groups in total. The molecule has 784 valence electrons. The van der Waals surface area contributed by atoms with E-state index in [0.29, 0.717) is 110 Å². The van der Waals surface area contributed by atoms with Gasteiger partial charge in [-0.2, -0.15) is 20.4 Å². The lowest BCUT2D eigenvalue weighted by molar-refractivity contribution is -0.145. The van der Waals surface area contributed by atoms with Crippen molar-refractivity contribution < 1.29 is 85.5 Å². The number of ketones is 2. The van der Waals surface area contributed by atoms with Gasteiger partial charge in [0.2, 0.25) is 0 Å². The van der Waals surface area contributed by atoms with Crippen molar-refractivity contribution in [3.63, 3.8) is 0 Å². The Morgan fingerprint density at radius 3 is 1.16 bits per heavy atom. The lowest BCUT2D eigenvalue weighted by atomic mass is 10.1. The summed E-state index contributed by atoms with van der Waals surface area (Å²) in [6.45, 7) is 35.5. The summed E-state index contributed by atoms with van der Waals surface area (Å²) in [5.74, 6) is -5.56. The number of alkyl halides is 1. The summed E-state index contributed by atoms with van der Waals surface area (Å²) < 4.78 is 67.5. The molecule has 148 heavy (non-hydrogen) atoms. The molecule has 42 nitrogen and oxygen atoms in total. The number of anilines is 4. The van der Waals surface area contributed by atoms with Crippen LogP contribution >= 0.6 is 15.9 Å². The number of nitrogens with zero attached hydrogens (tertiary/aromatic N) is 22. The molecule has 10 aromatic heterocycles. The number of ether oxygens (including phenoxy) is 6. The summed E-state index contributed by atoms with van der Waals surface area (Å²) in [5, 5.41) is 48.6. The highest BCUT2D eigenvalue weighted by Gasteiger charge is 2.35. The van der Waals surface area contributed by atoms with Gasteiger partial charge in [0, 0.05) is 158 Å². The number of benzene rings is 4. The topological polar surface area (TPSA) is 465 Å². The third-order valence-electron chi connectivity index (χ3n) is 22.7. The molecule has 0 aliphatic carbocycles. The molecule has 18 rings (SSSR count). The summed E-state index contributed by atoms with van der Waals surface area (Å²) in [5.41, 5.74) is 10.8. The van der Waals surface area contributed by atoms with Crippen LogP contribution in [0.15, 0.2) is 208 Å². The van der Waals surface area contributed by atoms with Gasteiger partial charge in [-0.05, 0) is 69.2 Å². The number of carboxylic acids is 1. The monoisotopic (exact) mass is 2100 g/mol. The number of aliphatic carboxylic acids is 1. The minimum Gasteiger partial charge on any atom is -0.497 e. The number of esters is 3. The number of nitrogens with one attached hydrogen (secondary N) is 4. The van der Waals surface area contributed by atoms with Crippen LogP contribution in [-0.2, 0) is 72.0 Å². The van der Waals surface area contributed by atoms with Gasteiger partial charge in [-0.15, -0.1) is 10.2 Å². The second-order valence-corrected chi connectivity index (χ2v) is 35.7. The van der Waals surface area contributed by atoms with E-state index in [9.17, 15) is 51.9 Å². The number of fused-ring (bicyclic) bond motifs is 2. The maximum absolute atomic E-state index is 14.9. The van der Waals surface area contributed by atoms with Crippen molar-refractivity contribution in [3.05, 3.63) is 231 Å². The maximum Gasteiger partial charge on any atom is 0.410 e. The maximum atomic E-state index is 14.9. The zero-order valence-electron chi connectivity index (χ0n) is 82.7. The Bertz CT molecular complexity index is 6740. The Morgan fingerprint density at radius 2 is 0.804 bits per heavy atom. The number of carbonyl (C=O) groups excluding carboxylic acids is 8. The van der Waals surface area contributed by atoms with Crippen molar-refractivity contribution in [1.82, 2.24) is 109 Å². The predicted octanol–water partition coefficient (Wildman–Crippen LogP) is 13.8. The predicted molar refractivity (Wildman–Crippen MR) is 557 cm³/mol. The first-order valence-electron chi connectivity index (χ1n) is 47.5. The molecule has 14 heterocycles. The van der Waals surface area contributed by atoms with Crippen molar-refractivity contribution in [2.24, 2.45) is 0 Å². The summed E-state index contributed by atoms with van der Waals surface area (Å²) >= 11 is 2.94. The molecule has 4 saturated heterocycles. The van der Waals surface area contributed by atoms with E-state index >= 15 is 0 Å². The number of halogens is 3. The van der Waals surface area contributed by atoms with Crippen LogP contribution in [0.25, 0.3) is 78.5 Å². The van der Waals surface area contributed by atoms with E-state index in [-0.39, 0.29) is 103 Å².